The fraction of sp³-hybridized carbons (Fsp3) is 0.619. The average molecular weight is 393 g/mol. The lowest BCUT2D eigenvalue weighted by atomic mass is 9.88. The Balaban J connectivity index is 1.85. The van der Waals surface area contributed by atoms with Gasteiger partial charge in [-0.05, 0) is 56.4 Å². The van der Waals surface area contributed by atoms with Gasteiger partial charge in [0.2, 0.25) is 5.91 Å². The van der Waals surface area contributed by atoms with E-state index in [-0.39, 0.29) is 29.0 Å². The largest absolute Gasteiger partial charge is 0.352 e. The van der Waals surface area contributed by atoms with E-state index in [2.05, 4.69) is 5.32 Å². The van der Waals surface area contributed by atoms with Crippen molar-refractivity contribution in [1.82, 2.24) is 10.2 Å². The number of benzene rings is 1. The van der Waals surface area contributed by atoms with Crippen LogP contribution in [0.3, 0.4) is 0 Å². The van der Waals surface area contributed by atoms with Gasteiger partial charge in [-0.15, -0.1) is 11.8 Å². The lowest BCUT2D eigenvalue weighted by Gasteiger charge is -2.35. The van der Waals surface area contributed by atoms with Crippen LogP contribution >= 0.6 is 11.8 Å². The Morgan fingerprint density at radius 3 is 2.52 bits per heavy atom. The third-order valence-electron chi connectivity index (χ3n) is 5.72. The average Bonchev–Trinajstić information content (AvgIpc) is 3.13. The van der Waals surface area contributed by atoms with Gasteiger partial charge in [0, 0.05) is 17.4 Å². The first-order chi connectivity index (χ1) is 13.0. The zero-order valence-corrected chi connectivity index (χ0v) is 16.9. The van der Waals surface area contributed by atoms with Crippen molar-refractivity contribution in [3.8, 4) is 0 Å². The van der Waals surface area contributed by atoms with E-state index in [9.17, 15) is 14.0 Å². The van der Waals surface area contributed by atoms with Crippen molar-refractivity contribution >= 4 is 23.6 Å². The molecule has 1 N–H and O–H groups in total. The van der Waals surface area contributed by atoms with Gasteiger partial charge >= 0.3 is 0 Å². The fourth-order valence-corrected chi connectivity index (χ4v) is 5.59. The Morgan fingerprint density at radius 2 is 1.89 bits per heavy atom. The lowest BCUT2D eigenvalue weighted by molar-refractivity contribution is -0.125. The third-order valence-corrected chi connectivity index (χ3v) is 7.18. The molecule has 4 nitrogen and oxygen atoms in total. The molecule has 0 aromatic heterocycles. The molecule has 0 bridgehead atoms. The molecule has 2 amide bonds. The first-order valence-electron chi connectivity index (χ1n) is 10.0. The Hall–Kier alpha value is -1.56. The molecule has 1 saturated carbocycles. The minimum absolute atomic E-state index is 0.0236. The molecular formula is C21H29FN2O2S. The van der Waals surface area contributed by atoms with Crippen LogP contribution in [0.4, 0.5) is 4.39 Å². The molecule has 1 heterocycles. The van der Waals surface area contributed by atoms with Gasteiger partial charge in [-0.2, -0.15) is 0 Å². The molecule has 2 aliphatic rings. The zero-order valence-electron chi connectivity index (χ0n) is 16.1. The van der Waals surface area contributed by atoms with Crippen molar-refractivity contribution in [2.75, 3.05) is 5.75 Å². The topological polar surface area (TPSA) is 49.4 Å². The van der Waals surface area contributed by atoms with E-state index in [1.54, 1.807) is 16.7 Å². The van der Waals surface area contributed by atoms with Crippen molar-refractivity contribution in [2.24, 2.45) is 5.92 Å². The number of nitrogens with zero attached hydrogens (tertiary/aromatic N) is 1. The van der Waals surface area contributed by atoms with Gasteiger partial charge in [-0.25, -0.2) is 4.39 Å². The summed E-state index contributed by atoms with van der Waals surface area (Å²) in [5.41, 5.74) is 0.445. The summed E-state index contributed by atoms with van der Waals surface area (Å²) >= 11 is 1.72. The number of thioether (sulfide) groups is 1. The molecular weight excluding hydrogens is 363 g/mol. The zero-order chi connectivity index (χ0) is 19.4. The fourth-order valence-electron chi connectivity index (χ4n) is 3.95. The van der Waals surface area contributed by atoms with E-state index in [0.717, 1.165) is 19.3 Å². The summed E-state index contributed by atoms with van der Waals surface area (Å²) < 4.78 is 13.3. The molecule has 3 atom stereocenters. The van der Waals surface area contributed by atoms with Crippen molar-refractivity contribution in [3.05, 3.63) is 35.6 Å². The maximum absolute atomic E-state index is 13.3. The van der Waals surface area contributed by atoms with E-state index in [1.165, 1.54) is 43.5 Å². The molecule has 148 valence electrons. The molecule has 1 aliphatic carbocycles. The summed E-state index contributed by atoms with van der Waals surface area (Å²) in [4.78, 5) is 27.9. The van der Waals surface area contributed by atoms with Crippen molar-refractivity contribution in [1.29, 1.82) is 0 Å². The smallest absolute Gasteiger partial charge is 0.255 e. The van der Waals surface area contributed by atoms with Gasteiger partial charge in [0.15, 0.2) is 0 Å². The van der Waals surface area contributed by atoms with Crippen LogP contribution in [-0.2, 0) is 4.79 Å². The van der Waals surface area contributed by atoms with Crippen LogP contribution in [0.25, 0.3) is 0 Å². The molecule has 3 rings (SSSR count). The Labute approximate surface area is 165 Å². The minimum atomic E-state index is -0.464. The van der Waals surface area contributed by atoms with Gasteiger partial charge < -0.3 is 10.2 Å². The predicted octanol–water partition coefficient (Wildman–Crippen LogP) is 4.20. The number of hydrogen-bond acceptors (Lipinski definition) is 3. The van der Waals surface area contributed by atoms with E-state index in [4.69, 9.17) is 0 Å². The highest BCUT2D eigenvalue weighted by Gasteiger charge is 2.45. The van der Waals surface area contributed by atoms with E-state index >= 15 is 0 Å². The van der Waals surface area contributed by atoms with E-state index in [0.29, 0.717) is 17.2 Å². The van der Waals surface area contributed by atoms with Crippen LogP contribution in [0.15, 0.2) is 24.3 Å². The monoisotopic (exact) mass is 392 g/mol. The van der Waals surface area contributed by atoms with Crippen molar-refractivity contribution in [2.45, 2.75) is 69.8 Å². The molecule has 1 aromatic rings. The highest BCUT2D eigenvalue weighted by molar-refractivity contribution is 8.00. The maximum Gasteiger partial charge on any atom is 0.255 e. The Morgan fingerprint density at radius 1 is 1.22 bits per heavy atom. The second-order valence-electron chi connectivity index (χ2n) is 7.67. The second kappa shape index (κ2) is 9.09. The summed E-state index contributed by atoms with van der Waals surface area (Å²) in [7, 11) is 0. The summed E-state index contributed by atoms with van der Waals surface area (Å²) in [6.45, 7) is 4.01. The van der Waals surface area contributed by atoms with E-state index < -0.39 is 6.04 Å². The molecule has 1 aliphatic heterocycles. The molecule has 1 aromatic carbocycles. The molecule has 2 fully saturated rings. The highest BCUT2D eigenvalue weighted by Crippen LogP contribution is 2.41. The van der Waals surface area contributed by atoms with Crippen LogP contribution in [0.1, 0.15) is 62.7 Å². The van der Waals surface area contributed by atoms with Crippen molar-refractivity contribution in [3.63, 3.8) is 0 Å². The SMILES string of the molecule is CC[C@H](C)NC(=O)[C@H]1CS[C@@H](C2CCCCC2)N1C(=O)c1ccc(F)cc1. The standard InChI is InChI=1S/C21H29FN2O2S/c1-3-14(2)23-19(25)18-13-27-21(16-7-5-4-6-8-16)24(18)20(26)15-9-11-17(22)12-10-15/h9-12,14,16,18,21H,3-8,13H2,1-2H3,(H,23,25)/t14-,18+,21-/m0/s1. The van der Waals surface area contributed by atoms with Crippen LogP contribution in [-0.4, -0.2) is 39.9 Å². The minimum Gasteiger partial charge on any atom is -0.352 e. The molecule has 6 heteroatoms. The first-order valence-corrected chi connectivity index (χ1v) is 11.1. The summed E-state index contributed by atoms with van der Waals surface area (Å²) in [6.07, 6.45) is 6.67. The second-order valence-corrected chi connectivity index (χ2v) is 8.82. The third kappa shape index (κ3) is 4.65. The first kappa shape index (κ1) is 20.2. The summed E-state index contributed by atoms with van der Waals surface area (Å²) in [6, 6.07) is 5.26. The number of carbonyl (C=O) groups excluding carboxylic acids is 2. The number of rotatable bonds is 5. The number of nitrogens with one attached hydrogen (secondary N) is 1. The van der Waals surface area contributed by atoms with Gasteiger partial charge in [0.25, 0.3) is 5.91 Å². The molecule has 27 heavy (non-hydrogen) atoms. The number of carbonyl (C=O) groups is 2. The van der Waals surface area contributed by atoms with Gasteiger partial charge in [0.05, 0.1) is 5.37 Å². The quantitative estimate of drug-likeness (QED) is 0.817. The summed E-state index contributed by atoms with van der Waals surface area (Å²) in [5.74, 6) is 0.438. The number of halogens is 1. The molecule has 0 spiro atoms. The van der Waals surface area contributed by atoms with Gasteiger partial charge in [-0.1, -0.05) is 26.2 Å². The molecule has 0 radical (unpaired) electrons. The molecule has 1 saturated heterocycles. The maximum atomic E-state index is 13.3. The lowest BCUT2D eigenvalue weighted by Crippen LogP contribution is -2.52. The van der Waals surface area contributed by atoms with E-state index in [1.807, 2.05) is 13.8 Å². The Bertz CT molecular complexity index is 661. The van der Waals surface area contributed by atoms with Crippen LogP contribution < -0.4 is 5.32 Å². The van der Waals surface area contributed by atoms with Crippen molar-refractivity contribution < 1.29 is 14.0 Å². The van der Waals surface area contributed by atoms with Crippen LogP contribution in [0.2, 0.25) is 0 Å². The number of hydrogen-bond donors (Lipinski definition) is 1. The van der Waals surface area contributed by atoms with Crippen LogP contribution in [0, 0.1) is 11.7 Å². The summed E-state index contributed by atoms with van der Waals surface area (Å²) in [5, 5.41) is 3.06. The number of amides is 2. The Kier molecular flexibility index (Phi) is 6.79. The van der Waals surface area contributed by atoms with Gasteiger partial charge in [-0.3, -0.25) is 9.59 Å². The van der Waals surface area contributed by atoms with Crippen LogP contribution in [0.5, 0.6) is 0 Å². The normalized spacial score (nSPS) is 24.6. The van der Waals surface area contributed by atoms with Gasteiger partial charge in [0.1, 0.15) is 11.9 Å². The predicted molar refractivity (Wildman–Crippen MR) is 107 cm³/mol. The highest BCUT2D eigenvalue weighted by atomic mass is 32.2. The molecule has 0 unspecified atom stereocenters.